The molecule has 2 aromatic rings. The van der Waals surface area contributed by atoms with E-state index in [0.29, 0.717) is 11.6 Å². The van der Waals surface area contributed by atoms with Crippen molar-refractivity contribution in [2.24, 2.45) is 4.99 Å². The van der Waals surface area contributed by atoms with Gasteiger partial charge in [-0.1, -0.05) is 67.0 Å². The fourth-order valence-electron chi connectivity index (χ4n) is 3.66. The van der Waals surface area contributed by atoms with Gasteiger partial charge in [0.05, 0.1) is 11.7 Å². The molecule has 2 aliphatic rings. The highest BCUT2D eigenvalue weighted by Gasteiger charge is 2.39. The largest absolute Gasteiger partial charge is 0.334 e. The molecular formula is C24H26ClN3OS2. The molecule has 1 fully saturated rings. The van der Waals surface area contributed by atoms with Crippen LogP contribution in [-0.2, 0) is 4.79 Å². The molecule has 162 valence electrons. The van der Waals surface area contributed by atoms with Crippen LogP contribution >= 0.6 is 35.1 Å². The number of carbonyl (C=O) groups is 1. The molecule has 1 unspecified atom stereocenters. The predicted molar refractivity (Wildman–Crippen MR) is 134 cm³/mol. The molecule has 1 saturated heterocycles. The molecule has 1 amide bonds. The first-order valence-corrected chi connectivity index (χ1v) is 12.7. The van der Waals surface area contributed by atoms with Gasteiger partial charge in [0.15, 0.2) is 5.17 Å². The van der Waals surface area contributed by atoms with Gasteiger partial charge in [0, 0.05) is 23.0 Å². The number of rotatable bonds is 6. The van der Waals surface area contributed by atoms with Gasteiger partial charge in [0.1, 0.15) is 9.93 Å². The number of anilines is 1. The van der Waals surface area contributed by atoms with Gasteiger partial charge in [-0.3, -0.25) is 14.7 Å². The maximum atomic E-state index is 13.5. The van der Waals surface area contributed by atoms with E-state index in [1.165, 1.54) is 11.8 Å². The Bertz CT molecular complexity index is 1040. The maximum absolute atomic E-state index is 13.5. The third-order valence-electron chi connectivity index (χ3n) is 5.36. The SMILES string of the molecule is CCCCN1C(=O)/C(=C2/Sc3ccc(Cl)cc3N2CC)SC1=NC(C)c1ccccc1. The number of hydrogen-bond donors (Lipinski definition) is 0. The standard InChI is InChI=1S/C24H26ClN3OS2/c1-4-6-14-28-22(29)21(31-24(28)26-16(3)17-10-8-7-9-11-17)23-27(5-2)19-15-18(25)12-13-20(19)30-23/h7-13,15-16H,4-6,14H2,1-3H3/b23-21-,26-24?. The fraction of sp³-hybridized carbons (Fsp3) is 0.333. The van der Waals surface area contributed by atoms with E-state index in [0.717, 1.165) is 50.6 Å². The minimum Gasteiger partial charge on any atom is -0.334 e. The van der Waals surface area contributed by atoms with Crippen molar-refractivity contribution in [1.82, 2.24) is 4.90 Å². The lowest BCUT2D eigenvalue weighted by Gasteiger charge is -2.19. The van der Waals surface area contributed by atoms with Crippen molar-refractivity contribution in [3.05, 3.63) is 69.1 Å². The molecule has 0 N–H and O–H groups in total. The van der Waals surface area contributed by atoms with Crippen molar-refractivity contribution in [2.75, 3.05) is 18.0 Å². The van der Waals surface area contributed by atoms with Gasteiger partial charge in [-0.15, -0.1) is 0 Å². The Morgan fingerprint density at radius 2 is 1.84 bits per heavy atom. The van der Waals surface area contributed by atoms with Crippen molar-refractivity contribution in [1.29, 1.82) is 0 Å². The van der Waals surface area contributed by atoms with E-state index in [9.17, 15) is 4.79 Å². The summed E-state index contributed by atoms with van der Waals surface area (Å²) < 4.78 is 0. The summed E-state index contributed by atoms with van der Waals surface area (Å²) in [6.07, 6.45) is 1.98. The number of carbonyl (C=O) groups excluding carboxylic acids is 1. The zero-order valence-corrected chi connectivity index (χ0v) is 20.4. The van der Waals surface area contributed by atoms with Crippen LogP contribution in [0.25, 0.3) is 0 Å². The first-order valence-electron chi connectivity index (χ1n) is 10.6. The molecule has 0 saturated carbocycles. The maximum Gasteiger partial charge on any atom is 0.269 e. The summed E-state index contributed by atoms with van der Waals surface area (Å²) in [6.45, 7) is 7.78. The summed E-state index contributed by atoms with van der Waals surface area (Å²) in [5.74, 6) is 0.0531. The Balaban J connectivity index is 1.71. The average Bonchev–Trinajstić information content (AvgIpc) is 3.29. The van der Waals surface area contributed by atoms with Crippen LogP contribution in [0.5, 0.6) is 0 Å². The Labute approximate surface area is 197 Å². The number of amides is 1. The number of hydrogen-bond acceptors (Lipinski definition) is 5. The van der Waals surface area contributed by atoms with Gasteiger partial charge in [-0.25, -0.2) is 0 Å². The highest BCUT2D eigenvalue weighted by atomic mass is 35.5. The number of thioether (sulfide) groups is 2. The van der Waals surface area contributed by atoms with E-state index in [4.69, 9.17) is 16.6 Å². The summed E-state index contributed by atoms with van der Waals surface area (Å²) in [6, 6.07) is 16.1. The van der Waals surface area contributed by atoms with E-state index < -0.39 is 0 Å². The molecule has 7 heteroatoms. The van der Waals surface area contributed by atoms with Crippen LogP contribution < -0.4 is 4.90 Å². The predicted octanol–water partition coefficient (Wildman–Crippen LogP) is 6.93. The minimum atomic E-state index is -0.0144. The molecule has 4 rings (SSSR count). The number of unbranched alkanes of at least 4 members (excludes halogenated alkanes) is 1. The zero-order chi connectivity index (χ0) is 22.0. The van der Waals surface area contributed by atoms with Crippen LogP contribution in [0.1, 0.15) is 45.2 Å². The van der Waals surface area contributed by atoms with Gasteiger partial charge in [-0.2, -0.15) is 0 Å². The van der Waals surface area contributed by atoms with E-state index >= 15 is 0 Å². The highest BCUT2D eigenvalue weighted by Crippen LogP contribution is 2.51. The number of fused-ring (bicyclic) bond motifs is 1. The number of amidine groups is 1. The Morgan fingerprint density at radius 1 is 1.06 bits per heavy atom. The van der Waals surface area contributed by atoms with Crippen molar-refractivity contribution in [3.8, 4) is 0 Å². The van der Waals surface area contributed by atoms with Crippen LogP contribution in [0.4, 0.5) is 5.69 Å². The zero-order valence-electron chi connectivity index (χ0n) is 18.0. The van der Waals surface area contributed by atoms with Gasteiger partial charge in [0.25, 0.3) is 5.91 Å². The van der Waals surface area contributed by atoms with Crippen molar-refractivity contribution >= 4 is 51.9 Å². The number of benzene rings is 2. The average molecular weight is 472 g/mol. The van der Waals surface area contributed by atoms with Crippen LogP contribution in [0.3, 0.4) is 0 Å². The van der Waals surface area contributed by atoms with Gasteiger partial charge in [-0.05, 0) is 55.8 Å². The summed E-state index contributed by atoms with van der Waals surface area (Å²) in [5, 5.41) is 2.48. The number of nitrogens with zero attached hydrogens (tertiary/aromatic N) is 3. The lowest BCUT2D eigenvalue weighted by Crippen LogP contribution is -2.31. The molecule has 0 aromatic heterocycles. The first-order chi connectivity index (χ1) is 15.0. The third-order valence-corrected chi connectivity index (χ3v) is 7.99. The molecule has 0 bridgehead atoms. The Morgan fingerprint density at radius 3 is 2.55 bits per heavy atom. The second-order valence-corrected chi connectivity index (χ2v) is 9.95. The molecule has 0 aliphatic carbocycles. The molecule has 2 heterocycles. The van der Waals surface area contributed by atoms with Gasteiger partial charge < -0.3 is 4.90 Å². The van der Waals surface area contributed by atoms with Gasteiger partial charge >= 0.3 is 0 Å². The molecular weight excluding hydrogens is 446 g/mol. The van der Waals surface area contributed by atoms with E-state index in [1.807, 2.05) is 41.3 Å². The molecule has 0 radical (unpaired) electrons. The third kappa shape index (κ3) is 4.52. The second kappa shape index (κ2) is 9.72. The summed E-state index contributed by atoms with van der Waals surface area (Å²) in [7, 11) is 0. The molecule has 1 atom stereocenters. The lowest BCUT2D eigenvalue weighted by molar-refractivity contribution is -0.122. The normalized spacial score (nSPS) is 20.6. The first kappa shape index (κ1) is 22.3. The quantitative estimate of drug-likeness (QED) is 0.428. The monoisotopic (exact) mass is 471 g/mol. The van der Waals surface area contributed by atoms with E-state index in [1.54, 1.807) is 11.8 Å². The van der Waals surface area contributed by atoms with E-state index in [2.05, 4.69) is 37.8 Å². The van der Waals surface area contributed by atoms with Crippen LogP contribution in [0, 0.1) is 0 Å². The second-order valence-electron chi connectivity index (χ2n) is 7.50. The molecule has 4 nitrogen and oxygen atoms in total. The van der Waals surface area contributed by atoms with Crippen LogP contribution in [-0.4, -0.2) is 29.1 Å². The van der Waals surface area contributed by atoms with Crippen molar-refractivity contribution < 1.29 is 4.79 Å². The Hall–Kier alpha value is -1.89. The molecule has 0 spiro atoms. The molecule has 2 aliphatic heterocycles. The summed E-state index contributed by atoms with van der Waals surface area (Å²) >= 11 is 9.40. The molecule has 31 heavy (non-hydrogen) atoms. The highest BCUT2D eigenvalue weighted by molar-refractivity contribution is 8.19. The van der Waals surface area contributed by atoms with Crippen molar-refractivity contribution in [2.45, 2.75) is 44.6 Å². The Kier molecular flexibility index (Phi) is 6.99. The van der Waals surface area contributed by atoms with E-state index in [-0.39, 0.29) is 11.9 Å². The topological polar surface area (TPSA) is 35.9 Å². The van der Waals surface area contributed by atoms with Crippen LogP contribution in [0.15, 0.2) is 68.4 Å². The lowest BCUT2D eigenvalue weighted by atomic mass is 10.1. The summed E-state index contributed by atoms with van der Waals surface area (Å²) in [4.78, 5) is 24.4. The smallest absolute Gasteiger partial charge is 0.269 e. The number of aliphatic imine (C=N–C) groups is 1. The van der Waals surface area contributed by atoms with Gasteiger partial charge in [0.2, 0.25) is 0 Å². The number of halogens is 1. The van der Waals surface area contributed by atoms with Crippen LogP contribution in [0.2, 0.25) is 5.02 Å². The molecule has 2 aromatic carbocycles. The fourth-order valence-corrected chi connectivity index (χ4v) is 6.28. The minimum absolute atomic E-state index is 0.0144. The van der Waals surface area contributed by atoms with Crippen molar-refractivity contribution in [3.63, 3.8) is 0 Å². The summed E-state index contributed by atoms with van der Waals surface area (Å²) in [5.41, 5.74) is 2.21.